The average molecular weight is 183 g/mol. The molecule has 0 amide bonds. The third kappa shape index (κ3) is 2.22. The second-order valence-corrected chi connectivity index (χ2v) is 4.49. The minimum Gasteiger partial charge on any atom is -0.328 e. The van der Waals surface area contributed by atoms with E-state index < -0.39 is 0 Å². The first-order valence-electron chi connectivity index (χ1n) is 5.52. The van der Waals surface area contributed by atoms with E-state index in [1.165, 1.54) is 38.9 Å². The highest BCUT2D eigenvalue weighted by Gasteiger charge is 2.29. The summed E-state index contributed by atoms with van der Waals surface area (Å²) in [5, 5.41) is 3.69. The zero-order valence-corrected chi connectivity index (χ0v) is 8.50. The lowest BCUT2D eigenvalue weighted by molar-refractivity contribution is 0.125. The van der Waals surface area contributed by atoms with E-state index in [0.717, 1.165) is 6.04 Å². The van der Waals surface area contributed by atoms with Crippen molar-refractivity contribution in [1.82, 2.24) is 10.2 Å². The van der Waals surface area contributed by atoms with Crippen LogP contribution in [0.5, 0.6) is 0 Å². The lowest BCUT2D eigenvalue weighted by Crippen LogP contribution is -2.59. The molecule has 13 heavy (non-hydrogen) atoms. The molecule has 1 heterocycles. The van der Waals surface area contributed by atoms with Crippen LogP contribution in [0.2, 0.25) is 0 Å². The minimum absolute atomic E-state index is 0.458. The van der Waals surface area contributed by atoms with Gasteiger partial charge in [0.25, 0.3) is 0 Å². The van der Waals surface area contributed by atoms with Gasteiger partial charge in [-0.25, -0.2) is 0 Å². The van der Waals surface area contributed by atoms with Crippen LogP contribution in [0, 0.1) is 0 Å². The van der Waals surface area contributed by atoms with Crippen LogP contribution >= 0.6 is 0 Å². The van der Waals surface area contributed by atoms with Crippen molar-refractivity contribution in [2.45, 2.75) is 44.3 Å². The molecule has 3 heteroatoms. The zero-order chi connectivity index (χ0) is 9.26. The van der Waals surface area contributed by atoms with Crippen LogP contribution in [0.15, 0.2) is 0 Å². The number of nitrogens with zero attached hydrogens (tertiary/aromatic N) is 1. The summed E-state index contributed by atoms with van der Waals surface area (Å²) in [6.45, 7) is 5.90. The molecular weight excluding hydrogens is 162 g/mol. The van der Waals surface area contributed by atoms with Crippen molar-refractivity contribution >= 4 is 0 Å². The number of hydrogen-bond donors (Lipinski definition) is 2. The number of likely N-dealkylation sites (N-methyl/N-ethyl adjacent to an activating group) is 1. The molecule has 1 aliphatic heterocycles. The topological polar surface area (TPSA) is 41.3 Å². The van der Waals surface area contributed by atoms with Gasteiger partial charge in [-0.05, 0) is 25.8 Å². The Balaban J connectivity index is 1.64. The van der Waals surface area contributed by atoms with Gasteiger partial charge < -0.3 is 16.0 Å². The number of nitrogens with one attached hydrogen (secondary N) is 1. The standard InChI is InChI=1S/C10H21N3/c1-2-13-6-10(7-13)12-9-4-3-8(11)5-9/h8-10,12H,2-7,11H2,1H3. The first kappa shape index (κ1) is 9.44. The van der Waals surface area contributed by atoms with Crippen molar-refractivity contribution < 1.29 is 0 Å². The number of likely N-dealkylation sites (tertiary alicyclic amines) is 1. The third-order valence-electron chi connectivity index (χ3n) is 3.35. The summed E-state index contributed by atoms with van der Waals surface area (Å²) >= 11 is 0. The predicted octanol–water partition coefficient (Wildman–Crippen LogP) is 0.160. The van der Waals surface area contributed by atoms with Gasteiger partial charge in [0.05, 0.1) is 0 Å². The fraction of sp³-hybridized carbons (Fsp3) is 1.00. The van der Waals surface area contributed by atoms with Crippen LogP contribution in [0.3, 0.4) is 0 Å². The molecule has 2 atom stereocenters. The molecule has 3 N–H and O–H groups in total. The van der Waals surface area contributed by atoms with Gasteiger partial charge in [0.15, 0.2) is 0 Å². The molecule has 1 saturated carbocycles. The van der Waals surface area contributed by atoms with Gasteiger partial charge in [0.1, 0.15) is 0 Å². The second-order valence-electron chi connectivity index (χ2n) is 4.49. The van der Waals surface area contributed by atoms with E-state index in [2.05, 4.69) is 17.1 Å². The maximum absolute atomic E-state index is 5.86. The smallest absolute Gasteiger partial charge is 0.0325 e. The molecule has 0 radical (unpaired) electrons. The second kappa shape index (κ2) is 3.95. The largest absolute Gasteiger partial charge is 0.328 e. The zero-order valence-electron chi connectivity index (χ0n) is 8.50. The van der Waals surface area contributed by atoms with E-state index in [1.54, 1.807) is 0 Å². The Bertz CT molecular complexity index is 166. The lowest BCUT2D eigenvalue weighted by Gasteiger charge is -2.40. The van der Waals surface area contributed by atoms with Gasteiger partial charge in [0.2, 0.25) is 0 Å². The van der Waals surface area contributed by atoms with Crippen LogP contribution in [0.1, 0.15) is 26.2 Å². The molecule has 2 fully saturated rings. The summed E-state index contributed by atoms with van der Waals surface area (Å²) in [7, 11) is 0. The van der Waals surface area contributed by atoms with Crippen molar-refractivity contribution in [2.24, 2.45) is 5.73 Å². The summed E-state index contributed by atoms with van der Waals surface area (Å²) < 4.78 is 0. The maximum atomic E-state index is 5.86. The minimum atomic E-state index is 0.458. The molecule has 76 valence electrons. The molecule has 0 spiro atoms. The van der Waals surface area contributed by atoms with Gasteiger partial charge in [-0.2, -0.15) is 0 Å². The van der Waals surface area contributed by atoms with Crippen molar-refractivity contribution in [1.29, 1.82) is 0 Å². The maximum Gasteiger partial charge on any atom is 0.0325 e. The molecule has 0 aromatic rings. The quantitative estimate of drug-likeness (QED) is 0.655. The van der Waals surface area contributed by atoms with Crippen LogP contribution in [-0.2, 0) is 0 Å². The Morgan fingerprint density at radius 1 is 1.31 bits per heavy atom. The lowest BCUT2D eigenvalue weighted by atomic mass is 10.1. The Morgan fingerprint density at radius 2 is 2.08 bits per heavy atom. The molecule has 2 unspecified atom stereocenters. The highest BCUT2D eigenvalue weighted by atomic mass is 15.2. The fourth-order valence-electron chi connectivity index (χ4n) is 2.43. The van der Waals surface area contributed by atoms with E-state index in [-0.39, 0.29) is 0 Å². The number of rotatable bonds is 3. The Hall–Kier alpha value is -0.120. The van der Waals surface area contributed by atoms with Crippen molar-refractivity contribution in [2.75, 3.05) is 19.6 Å². The van der Waals surface area contributed by atoms with E-state index in [4.69, 9.17) is 5.73 Å². The Kier molecular flexibility index (Phi) is 2.86. The van der Waals surface area contributed by atoms with E-state index in [9.17, 15) is 0 Å². The summed E-state index contributed by atoms with van der Waals surface area (Å²) in [6.07, 6.45) is 3.67. The Morgan fingerprint density at radius 3 is 2.62 bits per heavy atom. The average Bonchev–Trinajstić information content (AvgIpc) is 2.43. The molecular formula is C10H21N3. The van der Waals surface area contributed by atoms with Crippen LogP contribution < -0.4 is 11.1 Å². The highest BCUT2D eigenvalue weighted by Crippen LogP contribution is 2.19. The van der Waals surface area contributed by atoms with E-state index in [0.29, 0.717) is 12.1 Å². The number of nitrogens with two attached hydrogens (primary N) is 1. The van der Waals surface area contributed by atoms with Crippen molar-refractivity contribution in [3.05, 3.63) is 0 Å². The summed E-state index contributed by atoms with van der Waals surface area (Å²) in [6, 6.07) is 1.91. The normalized spacial score (nSPS) is 36.5. The monoisotopic (exact) mass is 183 g/mol. The predicted molar refractivity (Wildman–Crippen MR) is 54.7 cm³/mol. The molecule has 2 aliphatic rings. The van der Waals surface area contributed by atoms with Gasteiger partial charge in [-0.15, -0.1) is 0 Å². The summed E-state index contributed by atoms with van der Waals surface area (Å²) in [5.74, 6) is 0. The third-order valence-corrected chi connectivity index (χ3v) is 3.35. The molecule has 2 rings (SSSR count). The van der Waals surface area contributed by atoms with Crippen LogP contribution in [-0.4, -0.2) is 42.7 Å². The van der Waals surface area contributed by atoms with Gasteiger partial charge >= 0.3 is 0 Å². The highest BCUT2D eigenvalue weighted by molar-refractivity contribution is 4.91. The van der Waals surface area contributed by atoms with Gasteiger partial charge in [-0.1, -0.05) is 6.92 Å². The fourth-order valence-corrected chi connectivity index (χ4v) is 2.43. The summed E-state index contributed by atoms with van der Waals surface area (Å²) in [5.41, 5.74) is 5.86. The van der Waals surface area contributed by atoms with Gasteiger partial charge in [0, 0.05) is 31.2 Å². The molecule has 0 bridgehead atoms. The molecule has 1 aliphatic carbocycles. The molecule has 1 saturated heterocycles. The van der Waals surface area contributed by atoms with Crippen molar-refractivity contribution in [3.8, 4) is 0 Å². The molecule has 3 nitrogen and oxygen atoms in total. The van der Waals surface area contributed by atoms with E-state index >= 15 is 0 Å². The van der Waals surface area contributed by atoms with Crippen molar-refractivity contribution in [3.63, 3.8) is 0 Å². The number of hydrogen-bond acceptors (Lipinski definition) is 3. The van der Waals surface area contributed by atoms with Crippen LogP contribution in [0.25, 0.3) is 0 Å². The SMILES string of the molecule is CCN1CC(NC2CCC(N)C2)C1. The molecule has 0 aromatic heterocycles. The Labute approximate surface area is 80.7 Å². The first-order valence-corrected chi connectivity index (χ1v) is 5.52. The van der Waals surface area contributed by atoms with Gasteiger partial charge in [-0.3, -0.25) is 0 Å². The van der Waals surface area contributed by atoms with E-state index in [1.807, 2.05) is 0 Å². The molecule has 0 aromatic carbocycles. The van der Waals surface area contributed by atoms with Crippen LogP contribution in [0.4, 0.5) is 0 Å². The summed E-state index contributed by atoms with van der Waals surface area (Å²) in [4.78, 5) is 2.46. The first-order chi connectivity index (χ1) is 6.28.